The van der Waals surface area contributed by atoms with Crippen LogP contribution >= 0.6 is 23.1 Å². The Balaban J connectivity index is 1.47. The fourth-order valence-corrected chi connectivity index (χ4v) is 6.83. The Bertz CT molecular complexity index is 1300. The average molecular weight is 492 g/mol. The standard InChI is InChI=1S/C21H25N5O3S3/c1-12-8-9-13(10-16(12)32(28,29)26(2)3)23-17(27)11-30-21-24-19(22)18-14-6-4-5-7-15(14)31-20(18)25-21/h8-10H,4-7,11H2,1-3H3,(H,23,27)(H2,22,24,25). The van der Waals surface area contributed by atoms with E-state index in [0.29, 0.717) is 22.2 Å². The molecule has 11 heteroatoms. The van der Waals surface area contributed by atoms with Crippen LogP contribution in [-0.2, 0) is 27.7 Å². The van der Waals surface area contributed by atoms with Crippen LogP contribution in [0.25, 0.3) is 10.2 Å². The van der Waals surface area contributed by atoms with Crippen LogP contribution in [0.1, 0.15) is 28.8 Å². The normalized spacial score (nSPS) is 14.0. The lowest BCUT2D eigenvalue weighted by atomic mass is 9.97. The number of sulfonamides is 1. The molecule has 0 bridgehead atoms. The largest absolute Gasteiger partial charge is 0.383 e. The minimum atomic E-state index is -3.60. The van der Waals surface area contributed by atoms with E-state index in [2.05, 4.69) is 15.3 Å². The Kier molecular flexibility index (Phi) is 6.44. The summed E-state index contributed by atoms with van der Waals surface area (Å²) in [6.45, 7) is 1.72. The number of nitrogens with one attached hydrogen (secondary N) is 1. The van der Waals surface area contributed by atoms with Crippen molar-refractivity contribution in [3.05, 3.63) is 34.2 Å². The molecule has 4 rings (SSSR count). The number of hydrogen-bond acceptors (Lipinski definition) is 8. The Morgan fingerprint density at radius 2 is 2.00 bits per heavy atom. The van der Waals surface area contributed by atoms with Gasteiger partial charge in [0.2, 0.25) is 15.9 Å². The van der Waals surface area contributed by atoms with Crippen molar-refractivity contribution in [3.63, 3.8) is 0 Å². The van der Waals surface area contributed by atoms with E-state index in [1.807, 2.05) is 0 Å². The lowest BCUT2D eigenvalue weighted by molar-refractivity contribution is -0.113. The number of carbonyl (C=O) groups is 1. The summed E-state index contributed by atoms with van der Waals surface area (Å²) in [7, 11) is -0.653. The second-order valence-electron chi connectivity index (χ2n) is 7.89. The molecular weight excluding hydrogens is 466 g/mol. The Hall–Kier alpha value is -2.21. The number of carbonyl (C=O) groups excluding carboxylic acids is 1. The summed E-state index contributed by atoms with van der Waals surface area (Å²) in [6.07, 6.45) is 4.42. The number of nitrogen functional groups attached to an aromatic ring is 1. The fourth-order valence-electron chi connectivity index (χ4n) is 3.71. The van der Waals surface area contributed by atoms with Gasteiger partial charge in [-0.1, -0.05) is 17.8 Å². The highest BCUT2D eigenvalue weighted by molar-refractivity contribution is 7.99. The van der Waals surface area contributed by atoms with Crippen molar-refractivity contribution in [2.24, 2.45) is 0 Å². The number of aromatic nitrogens is 2. The van der Waals surface area contributed by atoms with Crippen molar-refractivity contribution in [3.8, 4) is 0 Å². The zero-order chi connectivity index (χ0) is 23.0. The number of benzene rings is 1. The molecule has 1 aliphatic carbocycles. The molecule has 1 amide bonds. The third-order valence-corrected chi connectivity index (χ3v) is 9.38. The third kappa shape index (κ3) is 4.47. The summed E-state index contributed by atoms with van der Waals surface area (Å²) in [4.78, 5) is 23.9. The van der Waals surface area contributed by atoms with Gasteiger partial charge in [-0.25, -0.2) is 22.7 Å². The van der Waals surface area contributed by atoms with E-state index in [9.17, 15) is 13.2 Å². The third-order valence-electron chi connectivity index (χ3n) is 5.39. The average Bonchev–Trinajstić information content (AvgIpc) is 3.12. The quantitative estimate of drug-likeness (QED) is 0.400. The molecule has 170 valence electrons. The number of hydrogen-bond donors (Lipinski definition) is 2. The Morgan fingerprint density at radius 3 is 2.75 bits per heavy atom. The van der Waals surface area contributed by atoms with Crippen LogP contribution < -0.4 is 11.1 Å². The predicted octanol–water partition coefficient (Wildman–Crippen LogP) is 3.44. The van der Waals surface area contributed by atoms with Gasteiger partial charge in [-0.2, -0.15) is 0 Å². The fraction of sp³-hybridized carbons (Fsp3) is 0.381. The number of rotatable bonds is 6. The summed E-state index contributed by atoms with van der Waals surface area (Å²) in [5.41, 5.74) is 8.55. The Morgan fingerprint density at radius 1 is 1.25 bits per heavy atom. The Labute approximate surface area is 195 Å². The van der Waals surface area contributed by atoms with Crippen LogP contribution in [0.15, 0.2) is 28.3 Å². The molecule has 1 aromatic carbocycles. The molecule has 0 saturated heterocycles. The van der Waals surface area contributed by atoms with Crippen molar-refractivity contribution in [1.82, 2.24) is 14.3 Å². The SMILES string of the molecule is Cc1ccc(NC(=O)CSc2nc(N)c3c4c(sc3n2)CCCC4)cc1S(=O)(=O)N(C)C. The van der Waals surface area contributed by atoms with Crippen molar-refractivity contribution in [2.45, 2.75) is 42.7 Å². The number of amides is 1. The van der Waals surface area contributed by atoms with Crippen molar-refractivity contribution in [2.75, 3.05) is 30.9 Å². The van der Waals surface area contributed by atoms with E-state index in [1.54, 1.807) is 30.4 Å². The second-order valence-corrected chi connectivity index (χ2v) is 12.0. The first kappa shape index (κ1) is 23.0. The monoisotopic (exact) mass is 491 g/mol. The van der Waals surface area contributed by atoms with Gasteiger partial charge in [0.25, 0.3) is 0 Å². The second kappa shape index (κ2) is 8.97. The number of fused-ring (bicyclic) bond motifs is 3. The highest BCUT2D eigenvalue weighted by Crippen LogP contribution is 2.38. The van der Waals surface area contributed by atoms with Gasteiger partial charge in [0.1, 0.15) is 10.6 Å². The predicted molar refractivity (Wildman–Crippen MR) is 130 cm³/mol. The van der Waals surface area contributed by atoms with Crippen LogP contribution in [0.2, 0.25) is 0 Å². The maximum absolute atomic E-state index is 12.5. The maximum Gasteiger partial charge on any atom is 0.242 e. The molecule has 2 heterocycles. The molecule has 8 nitrogen and oxygen atoms in total. The van der Waals surface area contributed by atoms with E-state index in [1.165, 1.54) is 48.8 Å². The van der Waals surface area contributed by atoms with Gasteiger partial charge in [0, 0.05) is 24.7 Å². The summed E-state index contributed by atoms with van der Waals surface area (Å²) >= 11 is 2.87. The van der Waals surface area contributed by atoms with E-state index >= 15 is 0 Å². The van der Waals surface area contributed by atoms with Crippen molar-refractivity contribution < 1.29 is 13.2 Å². The topological polar surface area (TPSA) is 118 Å². The van der Waals surface area contributed by atoms with E-state index in [0.717, 1.165) is 33.8 Å². The van der Waals surface area contributed by atoms with E-state index in [-0.39, 0.29) is 16.6 Å². The molecule has 3 aromatic rings. The summed E-state index contributed by atoms with van der Waals surface area (Å²) < 4.78 is 26.1. The van der Waals surface area contributed by atoms with Crippen LogP contribution in [0.5, 0.6) is 0 Å². The van der Waals surface area contributed by atoms with Crippen LogP contribution in [-0.4, -0.2) is 48.4 Å². The van der Waals surface area contributed by atoms with E-state index in [4.69, 9.17) is 5.73 Å². The number of thioether (sulfide) groups is 1. The van der Waals surface area contributed by atoms with Gasteiger partial charge in [-0.05, 0) is 55.9 Å². The molecule has 0 radical (unpaired) electrons. The molecule has 0 aliphatic heterocycles. The number of nitrogens with zero attached hydrogens (tertiary/aromatic N) is 3. The molecule has 2 aromatic heterocycles. The van der Waals surface area contributed by atoms with Crippen molar-refractivity contribution in [1.29, 1.82) is 0 Å². The molecule has 32 heavy (non-hydrogen) atoms. The summed E-state index contributed by atoms with van der Waals surface area (Å²) in [6, 6.07) is 4.84. The molecule has 0 atom stereocenters. The maximum atomic E-state index is 12.5. The molecule has 0 fully saturated rings. The van der Waals surface area contributed by atoms with Gasteiger partial charge in [0.05, 0.1) is 16.0 Å². The van der Waals surface area contributed by atoms with Gasteiger partial charge >= 0.3 is 0 Å². The first-order valence-electron chi connectivity index (χ1n) is 10.2. The number of anilines is 2. The number of aryl methyl sites for hydroxylation is 3. The number of nitrogens with two attached hydrogens (primary N) is 1. The van der Waals surface area contributed by atoms with Gasteiger partial charge in [-0.15, -0.1) is 11.3 Å². The van der Waals surface area contributed by atoms with Crippen LogP contribution in [0, 0.1) is 6.92 Å². The molecule has 1 aliphatic rings. The van der Waals surface area contributed by atoms with Gasteiger partial charge < -0.3 is 11.1 Å². The minimum absolute atomic E-state index is 0.0830. The molecule has 0 spiro atoms. The van der Waals surface area contributed by atoms with Gasteiger partial charge in [0.15, 0.2) is 5.16 Å². The smallest absolute Gasteiger partial charge is 0.242 e. The van der Waals surface area contributed by atoms with Gasteiger partial charge in [-0.3, -0.25) is 4.79 Å². The molecule has 0 unspecified atom stereocenters. The highest BCUT2D eigenvalue weighted by Gasteiger charge is 2.22. The minimum Gasteiger partial charge on any atom is -0.383 e. The molecule has 0 saturated carbocycles. The molecule has 3 N–H and O–H groups in total. The molecular formula is C21H25N5O3S3. The van der Waals surface area contributed by atoms with E-state index < -0.39 is 10.0 Å². The lowest BCUT2D eigenvalue weighted by Gasteiger charge is -2.15. The zero-order valence-corrected chi connectivity index (χ0v) is 20.6. The summed E-state index contributed by atoms with van der Waals surface area (Å²) in [5, 5.41) is 4.18. The van der Waals surface area contributed by atoms with Crippen LogP contribution in [0.4, 0.5) is 11.5 Å². The zero-order valence-electron chi connectivity index (χ0n) is 18.1. The number of thiophene rings is 1. The lowest BCUT2D eigenvalue weighted by Crippen LogP contribution is -2.23. The van der Waals surface area contributed by atoms with Crippen molar-refractivity contribution >= 4 is 60.8 Å². The van der Waals surface area contributed by atoms with Crippen LogP contribution in [0.3, 0.4) is 0 Å². The summed E-state index contributed by atoms with van der Waals surface area (Å²) in [5.74, 6) is 0.272. The highest BCUT2D eigenvalue weighted by atomic mass is 32.2. The first-order valence-corrected chi connectivity index (χ1v) is 13.4. The first-order chi connectivity index (χ1) is 15.2.